The van der Waals surface area contributed by atoms with Gasteiger partial charge in [-0.25, -0.2) is 18.0 Å². The Labute approximate surface area is 184 Å². The average molecular weight is 466 g/mol. The Morgan fingerprint density at radius 3 is 2.52 bits per heavy atom. The largest absolute Gasteiger partial charge is 0.449 e. The van der Waals surface area contributed by atoms with Crippen molar-refractivity contribution in [3.05, 3.63) is 71.8 Å². The zero-order valence-corrected chi connectivity index (χ0v) is 18.0. The van der Waals surface area contributed by atoms with Crippen LogP contribution in [0.15, 0.2) is 66.1 Å². The maximum Gasteiger partial charge on any atom is 0.338 e. The summed E-state index contributed by atoms with van der Waals surface area (Å²) in [5.74, 6) is -1.88. The van der Waals surface area contributed by atoms with Crippen LogP contribution >= 0.6 is 11.6 Å². The van der Waals surface area contributed by atoms with Crippen molar-refractivity contribution in [3.63, 3.8) is 0 Å². The van der Waals surface area contributed by atoms with Crippen LogP contribution in [-0.4, -0.2) is 39.0 Å². The summed E-state index contributed by atoms with van der Waals surface area (Å²) in [6, 6.07) is 10.4. The summed E-state index contributed by atoms with van der Waals surface area (Å²) >= 11 is 6.17. The standard InChI is InChI=1S/C20H20ClN3O6S/c1-3-11-24(17-10-5-4-9-16(17)21)31(28,29)15-8-6-7-14(12-15)19(26)30-13(2)18(25)23-20(22)27/h3-10,12-13H,1,11H2,2H3,(H3,22,23,25,27). The van der Waals surface area contributed by atoms with Gasteiger partial charge in [0.15, 0.2) is 6.10 Å². The van der Waals surface area contributed by atoms with E-state index in [-0.39, 0.29) is 27.7 Å². The number of carbonyl (C=O) groups excluding carboxylic acids is 3. The van der Waals surface area contributed by atoms with Crippen LogP contribution < -0.4 is 15.4 Å². The first kappa shape index (κ1) is 23.9. The molecule has 0 heterocycles. The molecule has 2 aromatic rings. The van der Waals surface area contributed by atoms with Crippen molar-refractivity contribution in [1.82, 2.24) is 5.32 Å². The van der Waals surface area contributed by atoms with Crippen LogP contribution in [0.1, 0.15) is 17.3 Å². The van der Waals surface area contributed by atoms with E-state index in [1.54, 1.807) is 29.6 Å². The molecular formula is C20H20ClN3O6S. The third kappa shape index (κ3) is 5.83. The van der Waals surface area contributed by atoms with Gasteiger partial charge >= 0.3 is 12.0 Å². The summed E-state index contributed by atoms with van der Waals surface area (Å²) < 4.78 is 32.5. The minimum atomic E-state index is -4.13. The first-order chi connectivity index (χ1) is 14.6. The number of sulfonamides is 1. The molecule has 31 heavy (non-hydrogen) atoms. The van der Waals surface area contributed by atoms with Crippen LogP contribution in [0.5, 0.6) is 0 Å². The Morgan fingerprint density at radius 2 is 1.90 bits per heavy atom. The molecule has 2 rings (SSSR count). The number of imide groups is 1. The number of nitrogens with one attached hydrogen (secondary N) is 1. The molecule has 11 heteroatoms. The Balaban J connectivity index is 2.35. The van der Waals surface area contributed by atoms with Gasteiger partial charge in [0.25, 0.3) is 15.9 Å². The van der Waals surface area contributed by atoms with Crippen LogP contribution in [0.2, 0.25) is 5.02 Å². The van der Waals surface area contributed by atoms with Crippen LogP contribution in [0, 0.1) is 0 Å². The highest BCUT2D eigenvalue weighted by Gasteiger charge is 2.27. The monoisotopic (exact) mass is 465 g/mol. The lowest BCUT2D eigenvalue weighted by atomic mass is 10.2. The van der Waals surface area contributed by atoms with E-state index >= 15 is 0 Å². The highest BCUT2D eigenvalue weighted by atomic mass is 35.5. The minimum absolute atomic E-state index is 0.0644. The van der Waals surface area contributed by atoms with Crippen molar-refractivity contribution in [2.75, 3.05) is 10.8 Å². The molecule has 0 aliphatic rings. The number of rotatable bonds is 8. The molecule has 9 nitrogen and oxygen atoms in total. The molecule has 0 fully saturated rings. The summed E-state index contributed by atoms with van der Waals surface area (Å²) in [7, 11) is -4.13. The van der Waals surface area contributed by atoms with Crippen LogP contribution in [0.3, 0.4) is 0 Å². The summed E-state index contributed by atoms with van der Waals surface area (Å²) in [5.41, 5.74) is 4.98. The lowest BCUT2D eigenvalue weighted by Gasteiger charge is -2.24. The predicted octanol–water partition coefficient (Wildman–Crippen LogP) is 2.46. The fourth-order valence-corrected chi connectivity index (χ4v) is 4.30. The van der Waals surface area contributed by atoms with Crippen molar-refractivity contribution >= 4 is 45.2 Å². The fraction of sp³-hybridized carbons (Fsp3) is 0.150. The van der Waals surface area contributed by atoms with Gasteiger partial charge in [-0.2, -0.15) is 0 Å². The highest BCUT2D eigenvalue weighted by Crippen LogP contribution is 2.30. The Kier molecular flexibility index (Phi) is 7.78. The van der Waals surface area contributed by atoms with Crippen LogP contribution in [-0.2, 0) is 19.6 Å². The van der Waals surface area contributed by atoms with Gasteiger partial charge in [0.1, 0.15) is 0 Å². The molecule has 0 radical (unpaired) electrons. The van der Waals surface area contributed by atoms with Gasteiger partial charge in [-0.15, -0.1) is 6.58 Å². The van der Waals surface area contributed by atoms with Crippen molar-refractivity contribution < 1.29 is 27.5 Å². The van der Waals surface area contributed by atoms with Gasteiger partial charge in [0, 0.05) is 0 Å². The molecule has 3 N–H and O–H groups in total. The number of hydrogen-bond acceptors (Lipinski definition) is 6. The molecule has 2 aromatic carbocycles. The topological polar surface area (TPSA) is 136 Å². The number of para-hydroxylation sites is 1. The molecule has 0 spiro atoms. The number of esters is 1. The summed E-state index contributed by atoms with van der Waals surface area (Å²) in [4.78, 5) is 34.6. The van der Waals surface area contributed by atoms with E-state index in [4.69, 9.17) is 22.1 Å². The second kappa shape index (κ2) is 10.1. The van der Waals surface area contributed by atoms with E-state index < -0.39 is 34.0 Å². The second-order valence-corrected chi connectivity index (χ2v) is 8.47. The lowest BCUT2D eigenvalue weighted by Crippen LogP contribution is -2.42. The highest BCUT2D eigenvalue weighted by molar-refractivity contribution is 7.92. The third-order valence-electron chi connectivity index (χ3n) is 3.97. The molecule has 3 amide bonds. The zero-order chi connectivity index (χ0) is 23.2. The van der Waals surface area contributed by atoms with E-state index in [2.05, 4.69) is 6.58 Å². The van der Waals surface area contributed by atoms with Crippen molar-refractivity contribution in [2.24, 2.45) is 5.73 Å². The van der Waals surface area contributed by atoms with Crippen LogP contribution in [0.4, 0.5) is 10.5 Å². The van der Waals surface area contributed by atoms with Gasteiger partial charge in [0.2, 0.25) is 0 Å². The van der Waals surface area contributed by atoms with Crippen molar-refractivity contribution in [3.8, 4) is 0 Å². The van der Waals surface area contributed by atoms with Crippen LogP contribution in [0.25, 0.3) is 0 Å². The van der Waals surface area contributed by atoms with E-state index in [1.807, 2.05) is 0 Å². The van der Waals surface area contributed by atoms with Gasteiger partial charge in [-0.3, -0.25) is 14.4 Å². The molecular weight excluding hydrogens is 446 g/mol. The molecule has 0 aliphatic carbocycles. The van der Waals surface area contributed by atoms with Gasteiger partial charge in [-0.05, 0) is 37.3 Å². The smallest absolute Gasteiger partial charge is 0.338 e. The summed E-state index contributed by atoms with van der Waals surface area (Å²) in [5, 5.41) is 2.01. The molecule has 0 saturated carbocycles. The van der Waals surface area contributed by atoms with E-state index in [0.717, 1.165) is 10.4 Å². The number of urea groups is 1. The Morgan fingerprint density at radius 1 is 1.23 bits per heavy atom. The first-order valence-electron chi connectivity index (χ1n) is 8.87. The SMILES string of the molecule is C=CCN(c1ccccc1Cl)S(=O)(=O)c1cccc(C(=O)OC(C)C(=O)NC(N)=O)c1. The number of nitrogens with zero attached hydrogens (tertiary/aromatic N) is 1. The Hall–Kier alpha value is -3.37. The van der Waals surface area contributed by atoms with E-state index in [0.29, 0.717) is 0 Å². The van der Waals surface area contributed by atoms with E-state index in [1.165, 1.54) is 31.2 Å². The quantitative estimate of drug-likeness (QED) is 0.454. The number of halogens is 1. The average Bonchev–Trinajstić information content (AvgIpc) is 2.72. The Bertz CT molecular complexity index is 1120. The molecule has 0 aromatic heterocycles. The lowest BCUT2D eigenvalue weighted by molar-refractivity contribution is -0.127. The third-order valence-corrected chi connectivity index (χ3v) is 6.07. The number of benzene rings is 2. The number of amides is 3. The number of hydrogen-bond donors (Lipinski definition) is 2. The first-order valence-corrected chi connectivity index (χ1v) is 10.7. The predicted molar refractivity (Wildman–Crippen MR) is 115 cm³/mol. The van der Waals surface area contributed by atoms with Crippen molar-refractivity contribution in [2.45, 2.75) is 17.9 Å². The minimum Gasteiger partial charge on any atom is -0.449 e. The normalized spacial score (nSPS) is 11.8. The number of nitrogens with two attached hydrogens (primary N) is 1. The number of anilines is 1. The van der Waals surface area contributed by atoms with Crippen molar-refractivity contribution in [1.29, 1.82) is 0 Å². The fourth-order valence-electron chi connectivity index (χ4n) is 2.51. The van der Waals surface area contributed by atoms with Gasteiger partial charge in [0.05, 0.1) is 27.7 Å². The number of carbonyl (C=O) groups is 3. The molecule has 164 valence electrons. The second-order valence-electron chi connectivity index (χ2n) is 6.21. The maximum absolute atomic E-state index is 13.3. The summed E-state index contributed by atoms with van der Waals surface area (Å²) in [6.45, 7) is 4.76. The number of ether oxygens (including phenoxy) is 1. The van der Waals surface area contributed by atoms with E-state index in [9.17, 15) is 22.8 Å². The van der Waals surface area contributed by atoms with Gasteiger partial charge < -0.3 is 10.5 Å². The molecule has 0 aliphatic heterocycles. The van der Waals surface area contributed by atoms with Gasteiger partial charge in [-0.1, -0.05) is 35.9 Å². The molecule has 0 saturated heterocycles. The maximum atomic E-state index is 13.3. The number of primary amides is 1. The molecule has 1 unspecified atom stereocenters. The molecule has 0 bridgehead atoms. The summed E-state index contributed by atoms with van der Waals surface area (Å²) in [6.07, 6.45) is 0.0681. The zero-order valence-electron chi connectivity index (χ0n) is 16.4. The molecule has 1 atom stereocenters.